The maximum absolute atomic E-state index is 12.3. The average molecular weight is 336 g/mol. The van der Waals surface area contributed by atoms with E-state index in [2.05, 4.69) is 5.32 Å². The lowest BCUT2D eigenvalue weighted by atomic mass is 9.86. The van der Waals surface area contributed by atoms with Crippen molar-refractivity contribution >= 4 is 23.8 Å². The van der Waals surface area contributed by atoms with Crippen molar-refractivity contribution in [3.8, 4) is 0 Å². The van der Waals surface area contributed by atoms with Gasteiger partial charge in [0.25, 0.3) is 5.91 Å². The van der Waals surface area contributed by atoms with E-state index in [1.165, 1.54) is 0 Å². The second-order valence-corrected chi connectivity index (χ2v) is 6.38. The first-order valence-corrected chi connectivity index (χ1v) is 7.86. The highest BCUT2D eigenvalue weighted by Crippen LogP contribution is 2.41. The molecule has 0 radical (unpaired) electrons. The molecule has 2 saturated heterocycles. The largest absolute Gasteiger partial charge is 0.491 e. The van der Waals surface area contributed by atoms with Crippen molar-refractivity contribution in [2.75, 3.05) is 26.2 Å². The Morgan fingerprint density at radius 1 is 1.29 bits per heavy atom. The van der Waals surface area contributed by atoms with Crippen LogP contribution in [0.4, 0.5) is 4.79 Å². The molecule has 9 heteroatoms. The van der Waals surface area contributed by atoms with E-state index in [9.17, 15) is 19.2 Å². The highest BCUT2D eigenvalue weighted by Gasteiger charge is 2.44. The lowest BCUT2D eigenvalue weighted by Crippen LogP contribution is -2.50. The molecule has 1 spiro atoms. The van der Waals surface area contributed by atoms with Crippen molar-refractivity contribution in [2.24, 2.45) is 5.73 Å². The summed E-state index contributed by atoms with van der Waals surface area (Å²) in [5.41, 5.74) is 5.38. The van der Waals surface area contributed by atoms with E-state index in [1.807, 2.05) is 0 Å². The number of carbonyl (C=O) groups is 4. The molecular formula is C15H20N4O5. The molecule has 0 saturated carbocycles. The number of ether oxygens (including phenoxy) is 1. The lowest BCUT2D eigenvalue weighted by Gasteiger charge is -2.39. The number of imide groups is 1. The third kappa shape index (κ3) is 2.81. The quantitative estimate of drug-likeness (QED) is 0.645. The van der Waals surface area contributed by atoms with Crippen molar-refractivity contribution in [1.82, 2.24) is 15.1 Å². The van der Waals surface area contributed by atoms with Crippen LogP contribution in [0.15, 0.2) is 11.3 Å². The van der Waals surface area contributed by atoms with Gasteiger partial charge in [0.15, 0.2) is 0 Å². The molecular weight excluding hydrogens is 316 g/mol. The highest BCUT2D eigenvalue weighted by molar-refractivity contribution is 6.04. The normalized spacial score (nSPS) is 22.9. The highest BCUT2D eigenvalue weighted by atomic mass is 16.5. The fourth-order valence-electron chi connectivity index (χ4n) is 3.42. The molecule has 3 rings (SSSR count). The summed E-state index contributed by atoms with van der Waals surface area (Å²) in [7, 11) is 0. The van der Waals surface area contributed by atoms with Gasteiger partial charge in [-0.1, -0.05) is 0 Å². The number of nitrogens with zero attached hydrogens (tertiary/aromatic N) is 2. The van der Waals surface area contributed by atoms with Crippen LogP contribution in [0, 0.1) is 0 Å². The van der Waals surface area contributed by atoms with Crippen LogP contribution in [0.25, 0.3) is 0 Å². The Morgan fingerprint density at radius 3 is 2.46 bits per heavy atom. The summed E-state index contributed by atoms with van der Waals surface area (Å²) >= 11 is 0. The van der Waals surface area contributed by atoms with E-state index in [0.717, 1.165) is 4.90 Å². The second-order valence-electron chi connectivity index (χ2n) is 6.38. The first-order valence-electron chi connectivity index (χ1n) is 7.86. The van der Waals surface area contributed by atoms with Crippen LogP contribution >= 0.6 is 0 Å². The van der Waals surface area contributed by atoms with Gasteiger partial charge in [0, 0.05) is 32.4 Å². The molecule has 3 aliphatic rings. The standard InChI is InChI=1S/C15H20N4O5/c1-9-10(13(16)22)6-15(24-9)2-4-18(5-3-15)12(21)8-19-11(20)7-17-14(19)23/h2-8H2,1H3,(H2,16,22)(H,17,23). The van der Waals surface area contributed by atoms with Gasteiger partial charge in [0.1, 0.15) is 17.9 Å². The molecule has 24 heavy (non-hydrogen) atoms. The smallest absolute Gasteiger partial charge is 0.325 e. The van der Waals surface area contributed by atoms with E-state index in [1.54, 1.807) is 11.8 Å². The number of amides is 5. The summed E-state index contributed by atoms with van der Waals surface area (Å²) in [6, 6.07) is -0.535. The molecule has 130 valence electrons. The van der Waals surface area contributed by atoms with E-state index < -0.39 is 23.4 Å². The summed E-state index contributed by atoms with van der Waals surface area (Å²) in [5, 5.41) is 2.38. The summed E-state index contributed by atoms with van der Waals surface area (Å²) in [4.78, 5) is 49.3. The minimum atomic E-state index is -0.535. The van der Waals surface area contributed by atoms with Gasteiger partial charge >= 0.3 is 6.03 Å². The van der Waals surface area contributed by atoms with Gasteiger partial charge in [-0.3, -0.25) is 19.3 Å². The third-order valence-electron chi connectivity index (χ3n) is 4.85. The third-order valence-corrected chi connectivity index (χ3v) is 4.85. The second kappa shape index (κ2) is 5.81. The molecule has 0 atom stereocenters. The molecule has 3 N–H and O–H groups in total. The number of piperidine rings is 1. The number of hydrogen-bond acceptors (Lipinski definition) is 5. The SMILES string of the molecule is CC1=C(C(N)=O)CC2(CCN(C(=O)CN3C(=O)CNC3=O)CC2)O1. The molecule has 0 aliphatic carbocycles. The number of carbonyl (C=O) groups excluding carboxylic acids is 4. The maximum atomic E-state index is 12.3. The van der Waals surface area contributed by atoms with Crippen LogP contribution in [0.2, 0.25) is 0 Å². The van der Waals surface area contributed by atoms with Crippen molar-refractivity contribution in [2.45, 2.75) is 31.8 Å². The number of primary amides is 1. The Kier molecular flexibility index (Phi) is 3.94. The molecule has 2 fully saturated rings. The minimum absolute atomic E-state index is 0.0656. The summed E-state index contributed by atoms with van der Waals surface area (Å²) in [6.07, 6.45) is 1.61. The predicted octanol–water partition coefficient (Wildman–Crippen LogP) is -0.921. The van der Waals surface area contributed by atoms with Crippen LogP contribution < -0.4 is 11.1 Å². The molecule has 0 aromatic heterocycles. The maximum Gasteiger partial charge on any atom is 0.325 e. The first-order chi connectivity index (χ1) is 11.3. The number of allylic oxidation sites excluding steroid dienone is 1. The predicted molar refractivity (Wildman–Crippen MR) is 81.3 cm³/mol. The number of rotatable bonds is 3. The topological polar surface area (TPSA) is 122 Å². The van der Waals surface area contributed by atoms with Gasteiger partial charge in [-0.15, -0.1) is 0 Å². The summed E-state index contributed by atoms with van der Waals surface area (Å²) in [6.45, 7) is 2.31. The Hall–Kier alpha value is -2.58. The average Bonchev–Trinajstić information content (AvgIpc) is 3.02. The van der Waals surface area contributed by atoms with Crippen LogP contribution in [-0.4, -0.2) is 65.3 Å². The van der Waals surface area contributed by atoms with Crippen LogP contribution in [-0.2, 0) is 19.1 Å². The molecule has 0 bridgehead atoms. The van der Waals surface area contributed by atoms with Gasteiger partial charge < -0.3 is 20.7 Å². The van der Waals surface area contributed by atoms with E-state index in [0.29, 0.717) is 43.7 Å². The Balaban J connectivity index is 1.56. The van der Waals surface area contributed by atoms with Crippen LogP contribution in [0.1, 0.15) is 26.2 Å². The van der Waals surface area contributed by atoms with Gasteiger partial charge in [-0.2, -0.15) is 0 Å². The minimum Gasteiger partial charge on any atom is -0.491 e. The number of nitrogens with two attached hydrogens (primary N) is 1. The van der Waals surface area contributed by atoms with Crippen LogP contribution in [0.5, 0.6) is 0 Å². The number of urea groups is 1. The summed E-state index contributed by atoms with van der Waals surface area (Å²) < 4.78 is 5.87. The van der Waals surface area contributed by atoms with Gasteiger partial charge in [0.2, 0.25) is 11.8 Å². The zero-order valence-corrected chi connectivity index (χ0v) is 13.5. The van der Waals surface area contributed by atoms with Gasteiger partial charge in [-0.05, 0) is 6.92 Å². The Bertz CT molecular complexity index is 632. The molecule has 3 heterocycles. The lowest BCUT2D eigenvalue weighted by molar-refractivity contribution is -0.139. The number of nitrogens with one attached hydrogen (secondary N) is 1. The molecule has 9 nitrogen and oxygen atoms in total. The number of hydrogen-bond donors (Lipinski definition) is 2. The summed E-state index contributed by atoms with van der Waals surface area (Å²) in [5.74, 6) is -0.581. The number of likely N-dealkylation sites (tertiary alicyclic amines) is 1. The van der Waals surface area contributed by atoms with Gasteiger partial charge in [-0.25, -0.2) is 4.79 Å². The molecule has 0 unspecified atom stereocenters. The first kappa shape index (κ1) is 16.3. The molecule has 0 aromatic carbocycles. The van der Waals surface area contributed by atoms with E-state index in [-0.39, 0.29) is 19.0 Å². The zero-order chi connectivity index (χ0) is 17.5. The molecule has 5 amide bonds. The fraction of sp³-hybridized carbons (Fsp3) is 0.600. The van der Waals surface area contributed by atoms with Crippen molar-refractivity contribution in [3.05, 3.63) is 11.3 Å². The van der Waals surface area contributed by atoms with E-state index >= 15 is 0 Å². The Labute approximate surface area is 138 Å². The molecule has 0 aromatic rings. The zero-order valence-electron chi connectivity index (χ0n) is 13.5. The van der Waals surface area contributed by atoms with E-state index in [4.69, 9.17) is 10.5 Å². The van der Waals surface area contributed by atoms with Gasteiger partial charge in [0.05, 0.1) is 12.1 Å². The fourth-order valence-corrected chi connectivity index (χ4v) is 3.42. The van der Waals surface area contributed by atoms with Crippen molar-refractivity contribution in [3.63, 3.8) is 0 Å². The van der Waals surface area contributed by atoms with Crippen molar-refractivity contribution < 1.29 is 23.9 Å². The Morgan fingerprint density at radius 2 is 1.96 bits per heavy atom. The van der Waals surface area contributed by atoms with Crippen LogP contribution in [0.3, 0.4) is 0 Å². The molecule has 3 aliphatic heterocycles. The van der Waals surface area contributed by atoms with Crippen molar-refractivity contribution in [1.29, 1.82) is 0 Å². The monoisotopic (exact) mass is 336 g/mol.